The van der Waals surface area contributed by atoms with Crippen LogP contribution in [-0.4, -0.2) is 45.8 Å². The van der Waals surface area contributed by atoms with Crippen molar-refractivity contribution in [3.63, 3.8) is 0 Å². The van der Waals surface area contributed by atoms with Gasteiger partial charge in [0.25, 0.3) is 5.91 Å². The zero-order valence-electron chi connectivity index (χ0n) is 16.1. The van der Waals surface area contributed by atoms with Crippen LogP contribution in [0, 0.1) is 12.7 Å². The highest BCUT2D eigenvalue weighted by molar-refractivity contribution is 6.33. The van der Waals surface area contributed by atoms with Crippen LogP contribution in [0.5, 0.6) is 0 Å². The zero-order valence-corrected chi connectivity index (χ0v) is 16.8. The highest BCUT2D eigenvalue weighted by Crippen LogP contribution is 2.24. The van der Waals surface area contributed by atoms with Crippen LogP contribution in [0.15, 0.2) is 24.3 Å². The quantitative estimate of drug-likeness (QED) is 0.837. The summed E-state index contributed by atoms with van der Waals surface area (Å²) in [5.74, 6) is -0.576. The minimum atomic E-state index is -0.336. The van der Waals surface area contributed by atoms with Gasteiger partial charge in [0, 0.05) is 12.1 Å². The van der Waals surface area contributed by atoms with E-state index in [-0.39, 0.29) is 22.4 Å². The lowest BCUT2D eigenvalue weighted by atomic mass is 9.98. The lowest BCUT2D eigenvalue weighted by Gasteiger charge is -2.41. The first-order valence-electron chi connectivity index (χ1n) is 9.34. The Labute approximate surface area is 164 Å². The second kappa shape index (κ2) is 7.98. The van der Waals surface area contributed by atoms with Gasteiger partial charge in [0.1, 0.15) is 11.0 Å². The molecule has 1 N–H and O–H groups in total. The van der Waals surface area contributed by atoms with Crippen LogP contribution in [0.1, 0.15) is 49.2 Å². The summed E-state index contributed by atoms with van der Waals surface area (Å²) in [5.41, 5.74) is 1.38. The van der Waals surface area contributed by atoms with E-state index in [1.165, 1.54) is 36.1 Å². The molecule has 0 spiro atoms. The first kappa shape index (κ1) is 19.8. The van der Waals surface area contributed by atoms with Gasteiger partial charge in [0.15, 0.2) is 0 Å². The normalized spacial score (nSPS) is 15.7. The molecule has 3 rings (SSSR count). The van der Waals surface area contributed by atoms with E-state index in [1.54, 1.807) is 19.1 Å². The van der Waals surface area contributed by atoms with Crippen molar-refractivity contribution in [2.45, 2.75) is 45.6 Å². The number of halogens is 2. The fourth-order valence-electron chi connectivity index (χ4n) is 3.51. The maximum absolute atomic E-state index is 13.2. The summed E-state index contributed by atoms with van der Waals surface area (Å²) >= 11 is 6.43. The lowest BCUT2D eigenvalue weighted by Crippen LogP contribution is -2.53. The number of aromatic nitrogens is 2. The second-order valence-electron chi connectivity index (χ2n) is 7.68. The number of aryl methyl sites for hydroxylation is 1. The number of nitrogens with one attached hydrogen (secondary N) is 1. The Hall–Kier alpha value is -1.92. The highest BCUT2D eigenvalue weighted by atomic mass is 35.5. The van der Waals surface area contributed by atoms with E-state index in [0.717, 1.165) is 13.1 Å². The SMILES string of the molecule is Cc1nn(-c2ccc(F)cc2)c(Cl)c1C(=O)NCC(C)(C)N1CCCCC1. The first-order valence-corrected chi connectivity index (χ1v) is 9.72. The van der Waals surface area contributed by atoms with E-state index in [1.807, 2.05) is 0 Å². The minimum absolute atomic E-state index is 0.122. The van der Waals surface area contributed by atoms with Crippen molar-refractivity contribution < 1.29 is 9.18 Å². The molecule has 5 nitrogen and oxygen atoms in total. The van der Waals surface area contributed by atoms with Gasteiger partial charge in [-0.05, 0) is 71.0 Å². The molecule has 146 valence electrons. The molecule has 0 radical (unpaired) electrons. The summed E-state index contributed by atoms with van der Waals surface area (Å²) in [6.07, 6.45) is 3.68. The number of hydrogen-bond donors (Lipinski definition) is 1. The summed E-state index contributed by atoms with van der Waals surface area (Å²) in [6, 6.07) is 5.83. The van der Waals surface area contributed by atoms with Crippen molar-refractivity contribution in [2.24, 2.45) is 0 Å². The molecule has 0 atom stereocenters. The van der Waals surface area contributed by atoms with Crippen LogP contribution in [0.2, 0.25) is 5.15 Å². The van der Waals surface area contributed by atoms with Crippen molar-refractivity contribution in [1.82, 2.24) is 20.0 Å². The van der Waals surface area contributed by atoms with Crippen molar-refractivity contribution in [2.75, 3.05) is 19.6 Å². The number of amides is 1. The van der Waals surface area contributed by atoms with Gasteiger partial charge in [-0.1, -0.05) is 18.0 Å². The van der Waals surface area contributed by atoms with Gasteiger partial charge >= 0.3 is 0 Å². The van der Waals surface area contributed by atoms with Gasteiger partial charge in [-0.2, -0.15) is 5.10 Å². The summed E-state index contributed by atoms with van der Waals surface area (Å²) in [6.45, 7) is 8.69. The largest absolute Gasteiger partial charge is 0.350 e. The number of nitrogens with zero attached hydrogens (tertiary/aromatic N) is 3. The van der Waals surface area contributed by atoms with Crippen LogP contribution in [-0.2, 0) is 0 Å². The van der Waals surface area contributed by atoms with Crippen LogP contribution in [0.3, 0.4) is 0 Å². The summed E-state index contributed by atoms with van der Waals surface area (Å²) < 4.78 is 14.6. The fraction of sp³-hybridized carbons (Fsp3) is 0.500. The van der Waals surface area contributed by atoms with Gasteiger partial charge in [-0.3, -0.25) is 9.69 Å². The Bertz CT molecular complexity index is 810. The monoisotopic (exact) mass is 392 g/mol. The smallest absolute Gasteiger partial charge is 0.256 e. The van der Waals surface area contributed by atoms with Crippen molar-refractivity contribution in [3.8, 4) is 5.69 Å². The Kier molecular flexibility index (Phi) is 5.86. The second-order valence-corrected chi connectivity index (χ2v) is 8.04. The van der Waals surface area contributed by atoms with Gasteiger partial charge < -0.3 is 5.32 Å². The van der Waals surface area contributed by atoms with E-state index in [9.17, 15) is 9.18 Å². The molecule has 0 aliphatic carbocycles. The third-order valence-electron chi connectivity index (χ3n) is 5.20. The van der Waals surface area contributed by atoms with E-state index in [4.69, 9.17) is 11.6 Å². The molecule has 7 heteroatoms. The van der Waals surface area contributed by atoms with Gasteiger partial charge in [0.2, 0.25) is 0 Å². The zero-order chi connectivity index (χ0) is 19.6. The van der Waals surface area contributed by atoms with Crippen LogP contribution in [0.4, 0.5) is 4.39 Å². The molecule has 1 fully saturated rings. The molecular weight excluding hydrogens is 367 g/mol. The third-order valence-corrected chi connectivity index (χ3v) is 5.55. The van der Waals surface area contributed by atoms with Gasteiger partial charge in [-0.15, -0.1) is 0 Å². The molecule has 1 saturated heterocycles. The summed E-state index contributed by atoms with van der Waals surface area (Å²) in [7, 11) is 0. The molecule has 27 heavy (non-hydrogen) atoms. The Balaban J connectivity index is 1.74. The van der Waals surface area contributed by atoms with Crippen molar-refractivity contribution in [1.29, 1.82) is 0 Å². The number of piperidine rings is 1. The topological polar surface area (TPSA) is 50.2 Å². The average molecular weight is 393 g/mol. The standard InChI is InChI=1S/C20H26ClFN4O/c1-14-17(18(21)26(24-14)16-9-7-15(22)8-10-16)19(27)23-13-20(2,3)25-11-5-4-6-12-25/h7-10H,4-6,11-13H2,1-3H3,(H,23,27). The Morgan fingerprint density at radius 3 is 2.48 bits per heavy atom. The number of benzene rings is 1. The molecule has 0 unspecified atom stereocenters. The van der Waals surface area contributed by atoms with E-state index >= 15 is 0 Å². The number of carbonyl (C=O) groups excluding carboxylic acids is 1. The van der Waals surface area contributed by atoms with E-state index in [2.05, 4.69) is 29.2 Å². The summed E-state index contributed by atoms with van der Waals surface area (Å²) in [5, 5.41) is 7.60. The number of hydrogen-bond acceptors (Lipinski definition) is 3. The molecular formula is C20H26ClFN4O. The van der Waals surface area contributed by atoms with Gasteiger partial charge in [0.05, 0.1) is 16.9 Å². The predicted molar refractivity (Wildman–Crippen MR) is 105 cm³/mol. The van der Waals surface area contributed by atoms with E-state index < -0.39 is 0 Å². The van der Waals surface area contributed by atoms with Crippen LogP contribution < -0.4 is 5.32 Å². The average Bonchev–Trinajstić information content (AvgIpc) is 2.95. The van der Waals surface area contributed by atoms with Crippen LogP contribution >= 0.6 is 11.6 Å². The molecule has 1 amide bonds. The number of rotatable bonds is 5. The van der Waals surface area contributed by atoms with Crippen molar-refractivity contribution >= 4 is 17.5 Å². The Morgan fingerprint density at radius 2 is 1.85 bits per heavy atom. The molecule has 0 bridgehead atoms. The number of carbonyl (C=O) groups is 1. The Morgan fingerprint density at radius 1 is 1.22 bits per heavy atom. The van der Waals surface area contributed by atoms with Gasteiger partial charge in [-0.25, -0.2) is 9.07 Å². The molecule has 1 aromatic heterocycles. The third kappa shape index (κ3) is 4.33. The molecule has 1 aliphatic rings. The van der Waals surface area contributed by atoms with Crippen molar-refractivity contribution in [3.05, 3.63) is 46.5 Å². The maximum Gasteiger partial charge on any atom is 0.256 e. The highest BCUT2D eigenvalue weighted by Gasteiger charge is 2.29. The predicted octanol–water partition coefficient (Wildman–Crippen LogP) is 3.97. The first-order chi connectivity index (χ1) is 12.8. The molecule has 1 aromatic carbocycles. The number of likely N-dealkylation sites (tertiary alicyclic amines) is 1. The van der Waals surface area contributed by atoms with Crippen LogP contribution in [0.25, 0.3) is 5.69 Å². The van der Waals surface area contributed by atoms with E-state index in [0.29, 0.717) is 23.5 Å². The minimum Gasteiger partial charge on any atom is -0.350 e. The molecule has 0 saturated carbocycles. The summed E-state index contributed by atoms with van der Waals surface area (Å²) in [4.78, 5) is 15.2. The maximum atomic E-state index is 13.2. The molecule has 2 heterocycles. The fourth-order valence-corrected chi connectivity index (χ4v) is 3.86. The molecule has 1 aliphatic heterocycles. The lowest BCUT2D eigenvalue weighted by molar-refractivity contribution is 0.0797. The molecule has 2 aromatic rings.